The lowest BCUT2D eigenvalue weighted by molar-refractivity contribution is 0.369. The number of benzene rings is 1. The zero-order valence-corrected chi connectivity index (χ0v) is 14.4. The summed E-state index contributed by atoms with van der Waals surface area (Å²) in [6, 6.07) is 6.87. The highest BCUT2D eigenvalue weighted by Gasteiger charge is 2.21. The first-order chi connectivity index (χ1) is 12.3. The number of rotatable bonds is 5. The van der Waals surface area contributed by atoms with Crippen LogP contribution in [0.1, 0.15) is 5.56 Å². The van der Waals surface area contributed by atoms with E-state index >= 15 is 0 Å². The second kappa shape index (κ2) is 6.95. The summed E-state index contributed by atoms with van der Waals surface area (Å²) in [5, 5.41) is 3.47. The molecule has 0 aliphatic carbocycles. The third kappa shape index (κ3) is 3.96. The van der Waals surface area contributed by atoms with Crippen LogP contribution >= 0.6 is 7.60 Å². The van der Waals surface area contributed by atoms with Gasteiger partial charge in [0.25, 0.3) is 0 Å². The molecule has 0 saturated carbocycles. The quantitative estimate of drug-likeness (QED) is 0.582. The summed E-state index contributed by atoms with van der Waals surface area (Å²) in [5.74, 6) is -1.72. The third-order valence-electron chi connectivity index (χ3n) is 3.57. The van der Waals surface area contributed by atoms with E-state index in [2.05, 4.69) is 15.3 Å². The standard InChI is InChI=1S/C16H14F2N3O4P/c1-25-15-3-2-10-14(4-5-19-16(10)21-15)20-9-6-12(17)11(13(18)7-9)8-26(22,23)24/h2-7H,8H2,1H3,(H,19,20,21)(H2,22,23,24). The van der Waals surface area contributed by atoms with Crippen LogP contribution in [0.15, 0.2) is 36.5 Å². The Balaban J connectivity index is 1.97. The van der Waals surface area contributed by atoms with Crippen LogP contribution in [0.5, 0.6) is 5.88 Å². The number of hydrogen-bond acceptors (Lipinski definition) is 5. The van der Waals surface area contributed by atoms with Gasteiger partial charge in [0.15, 0.2) is 5.65 Å². The van der Waals surface area contributed by atoms with Gasteiger partial charge in [-0.1, -0.05) is 0 Å². The lowest BCUT2D eigenvalue weighted by Gasteiger charge is -2.12. The number of nitrogens with zero attached hydrogens (tertiary/aromatic N) is 2. The van der Waals surface area contributed by atoms with E-state index in [0.717, 1.165) is 12.1 Å². The van der Waals surface area contributed by atoms with Gasteiger partial charge in [-0.25, -0.2) is 13.8 Å². The van der Waals surface area contributed by atoms with Crippen LogP contribution in [-0.4, -0.2) is 26.9 Å². The Hall–Kier alpha value is -2.61. The summed E-state index contributed by atoms with van der Waals surface area (Å²) in [6.07, 6.45) is 0.471. The number of pyridine rings is 2. The zero-order chi connectivity index (χ0) is 18.9. The van der Waals surface area contributed by atoms with Gasteiger partial charge in [-0.3, -0.25) is 4.57 Å². The molecule has 2 aromatic heterocycles. The predicted molar refractivity (Wildman–Crippen MR) is 91.5 cm³/mol. The van der Waals surface area contributed by atoms with Crippen molar-refractivity contribution < 1.29 is 27.9 Å². The minimum Gasteiger partial charge on any atom is -0.481 e. The van der Waals surface area contributed by atoms with Crippen LogP contribution in [0.4, 0.5) is 20.2 Å². The van der Waals surface area contributed by atoms with E-state index in [9.17, 15) is 13.3 Å². The molecule has 26 heavy (non-hydrogen) atoms. The Labute approximate surface area is 146 Å². The molecule has 3 rings (SSSR count). The van der Waals surface area contributed by atoms with Crippen molar-refractivity contribution in [1.82, 2.24) is 9.97 Å². The summed E-state index contributed by atoms with van der Waals surface area (Å²) < 4.78 is 44.2. The van der Waals surface area contributed by atoms with E-state index in [0.29, 0.717) is 22.6 Å². The molecule has 136 valence electrons. The molecule has 0 atom stereocenters. The van der Waals surface area contributed by atoms with E-state index in [1.165, 1.54) is 13.3 Å². The molecule has 10 heteroatoms. The van der Waals surface area contributed by atoms with E-state index in [4.69, 9.17) is 14.5 Å². The largest absolute Gasteiger partial charge is 0.481 e. The molecule has 0 aliphatic rings. The molecule has 0 amide bonds. The van der Waals surface area contributed by atoms with Gasteiger partial charge in [0.2, 0.25) is 5.88 Å². The van der Waals surface area contributed by atoms with E-state index < -0.39 is 31.0 Å². The highest BCUT2D eigenvalue weighted by molar-refractivity contribution is 7.50. The average Bonchev–Trinajstić information content (AvgIpc) is 2.57. The van der Waals surface area contributed by atoms with Gasteiger partial charge >= 0.3 is 7.60 Å². The number of nitrogens with one attached hydrogen (secondary N) is 1. The monoisotopic (exact) mass is 381 g/mol. The third-order valence-corrected chi connectivity index (χ3v) is 4.30. The maximum Gasteiger partial charge on any atom is 0.330 e. The Kier molecular flexibility index (Phi) is 4.86. The molecule has 0 bridgehead atoms. The molecule has 0 fully saturated rings. The summed E-state index contributed by atoms with van der Waals surface area (Å²) in [5.41, 5.74) is 0.313. The molecule has 0 spiro atoms. The first-order valence-corrected chi connectivity index (χ1v) is 9.16. The molecule has 0 aliphatic heterocycles. The van der Waals surface area contributed by atoms with Crippen molar-refractivity contribution in [3.63, 3.8) is 0 Å². The van der Waals surface area contributed by atoms with Crippen molar-refractivity contribution in [2.75, 3.05) is 12.4 Å². The summed E-state index contributed by atoms with van der Waals surface area (Å²) in [7, 11) is -3.12. The molecular formula is C16H14F2N3O4P. The second-order valence-electron chi connectivity index (χ2n) is 5.45. The van der Waals surface area contributed by atoms with Gasteiger partial charge in [0, 0.05) is 28.9 Å². The fourth-order valence-corrected chi connectivity index (χ4v) is 3.14. The maximum atomic E-state index is 14.1. The van der Waals surface area contributed by atoms with Crippen molar-refractivity contribution >= 4 is 30.0 Å². The van der Waals surface area contributed by atoms with Crippen LogP contribution in [0, 0.1) is 11.6 Å². The van der Waals surface area contributed by atoms with Crippen molar-refractivity contribution in [2.24, 2.45) is 0 Å². The molecule has 2 heterocycles. The van der Waals surface area contributed by atoms with Gasteiger partial charge in [-0.2, -0.15) is 4.98 Å². The molecule has 0 radical (unpaired) electrons. The van der Waals surface area contributed by atoms with E-state index in [1.807, 2.05) is 0 Å². The Morgan fingerprint density at radius 3 is 2.50 bits per heavy atom. The maximum absolute atomic E-state index is 14.1. The van der Waals surface area contributed by atoms with Crippen LogP contribution in [0.2, 0.25) is 0 Å². The number of anilines is 2. The first-order valence-electron chi connectivity index (χ1n) is 7.36. The van der Waals surface area contributed by atoms with Crippen molar-refractivity contribution in [2.45, 2.75) is 6.16 Å². The Morgan fingerprint density at radius 1 is 1.19 bits per heavy atom. The first kappa shape index (κ1) is 18.2. The summed E-state index contributed by atoms with van der Waals surface area (Å²) in [4.78, 5) is 26.1. The number of fused-ring (bicyclic) bond motifs is 1. The van der Waals surface area contributed by atoms with Gasteiger partial charge < -0.3 is 19.8 Å². The van der Waals surface area contributed by atoms with Crippen LogP contribution in [-0.2, 0) is 10.7 Å². The van der Waals surface area contributed by atoms with Gasteiger partial charge in [0.05, 0.1) is 19.0 Å². The number of halogens is 2. The van der Waals surface area contributed by atoms with Gasteiger partial charge in [0.1, 0.15) is 11.6 Å². The molecule has 7 nitrogen and oxygen atoms in total. The molecule has 3 aromatic rings. The lowest BCUT2D eigenvalue weighted by atomic mass is 10.2. The number of aromatic nitrogens is 2. The molecule has 0 unspecified atom stereocenters. The fourth-order valence-electron chi connectivity index (χ4n) is 2.42. The summed E-state index contributed by atoms with van der Waals surface area (Å²) in [6.45, 7) is 0. The van der Waals surface area contributed by atoms with E-state index in [-0.39, 0.29) is 5.69 Å². The minimum absolute atomic E-state index is 0.0813. The zero-order valence-electron chi connectivity index (χ0n) is 13.5. The van der Waals surface area contributed by atoms with Gasteiger partial charge in [-0.05, 0) is 24.3 Å². The van der Waals surface area contributed by atoms with Crippen LogP contribution < -0.4 is 10.1 Å². The second-order valence-corrected chi connectivity index (χ2v) is 7.10. The van der Waals surface area contributed by atoms with E-state index in [1.54, 1.807) is 18.2 Å². The highest BCUT2D eigenvalue weighted by Crippen LogP contribution is 2.41. The Bertz CT molecular complexity index is 1000. The normalized spacial score (nSPS) is 11.6. The minimum atomic E-state index is -4.59. The number of ether oxygens (including phenoxy) is 1. The molecule has 3 N–H and O–H groups in total. The van der Waals surface area contributed by atoms with Crippen molar-refractivity contribution in [1.29, 1.82) is 0 Å². The number of hydrogen-bond donors (Lipinski definition) is 3. The predicted octanol–water partition coefficient (Wildman–Crippen LogP) is 3.34. The lowest BCUT2D eigenvalue weighted by Crippen LogP contribution is -2.01. The molecule has 0 saturated heterocycles. The average molecular weight is 381 g/mol. The SMILES string of the molecule is COc1ccc2c(Nc3cc(F)c(CP(=O)(O)O)c(F)c3)ccnc2n1. The van der Waals surface area contributed by atoms with Gasteiger partial charge in [-0.15, -0.1) is 0 Å². The topological polar surface area (TPSA) is 105 Å². The van der Waals surface area contributed by atoms with Crippen LogP contribution in [0.3, 0.4) is 0 Å². The van der Waals surface area contributed by atoms with Crippen molar-refractivity contribution in [3.05, 3.63) is 53.7 Å². The smallest absolute Gasteiger partial charge is 0.330 e. The number of methoxy groups -OCH3 is 1. The highest BCUT2D eigenvalue weighted by atomic mass is 31.2. The summed E-state index contributed by atoms with van der Waals surface area (Å²) >= 11 is 0. The Morgan fingerprint density at radius 2 is 1.88 bits per heavy atom. The molecular weight excluding hydrogens is 367 g/mol. The van der Waals surface area contributed by atoms with Crippen LogP contribution in [0.25, 0.3) is 11.0 Å². The molecule has 1 aromatic carbocycles. The fraction of sp³-hybridized carbons (Fsp3) is 0.125. The van der Waals surface area contributed by atoms with Crippen molar-refractivity contribution in [3.8, 4) is 5.88 Å².